The normalized spacial score (nSPS) is 13.4. The van der Waals surface area contributed by atoms with Crippen LogP contribution in [0.2, 0.25) is 0 Å². The summed E-state index contributed by atoms with van der Waals surface area (Å²) in [5.74, 6) is 0.217. The number of hydrogen-bond acceptors (Lipinski definition) is 3. The fraction of sp³-hybridized carbons (Fsp3) is 1.00. The molecule has 11 heavy (non-hydrogen) atoms. The van der Waals surface area contributed by atoms with E-state index in [1.807, 2.05) is 6.92 Å². The molecule has 0 fully saturated rings. The van der Waals surface area contributed by atoms with Crippen molar-refractivity contribution in [3.8, 4) is 0 Å². The van der Waals surface area contributed by atoms with Crippen LogP contribution in [0.4, 0.5) is 0 Å². The van der Waals surface area contributed by atoms with Crippen LogP contribution >= 0.6 is 11.6 Å². The zero-order valence-electron chi connectivity index (χ0n) is 6.75. The average molecular weight is 183 g/mol. The Bertz CT molecular complexity index is 80.1. The Balaban J connectivity index is 2.89. The third-order valence-corrected chi connectivity index (χ3v) is 1.42. The van der Waals surface area contributed by atoms with Crippen molar-refractivity contribution in [2.75, 3.05) is 32.3 Å². The molecule has 0 radical (unpaired) electrons. The molecule has 0 saturated heterocycles. The molecular formula is C7H15ClO3. The van der Waals surface area contributed by atoms with Crippen LogP contribution in [0, 0.1) is 0 Å². The molecule has 68 valence electrons. The van der Waals surface area contributed by atoms with Crippen molar-refractivity contribution in [2.45, 2.75) is 13.0 Å². The predicted molar refractivity (Wildman–Crippen MR) is 44.0 cm³/mol. The lowest BCUT2D eigenvalue weighted by atomic mass is 10.4. The summed E-state index contributed by atoms with van der Waals surface area (Å²) in [5.41, 5.74) is 0. The Morgan fingerprint density at radius 1 is 1.36 bits per heavy atom. The summed E-state index contributed by atoms with van der Waals surface area (Å²) in [5, 5.41) is 8.92. The number of ether oxygens (including phenoxy) is 2. The summed E-state index contributed by atoms with van der Waals surface area (Å²) in [7, 11) is 0. The van der Waals surface area contributed by atoms with Gasteiger partial charge in [-0.1, -0.05) is 0 Å². The number of halogens is 1. The first-order chi connectivity index (χ1) is 5.31. The molecule has 0 aliphatic heterocycles. The number of alkyl halides is 1. The fourth-order valence-electron chi connectivity index (χ4n) is 0.526. The highest BCUT2D eigenvalue weighted by Crippen LogP contribution is 1.88. The van der Waals surface area contributed by atoms with Crippen LogP contribution in [0.25, 0.3) is 0 Å². The maximum absolute atomic E-state index is 8.92. The quantitative estimate of drug-likeness (QED) is 0.464. The first-order valence-corrected chi connectivity index (χ1v) is 4.24. The molecule has 0 spiro atoms. The van der Waals surface area contributed by atoms with Crippen molar-refractivity contribution in [1.29, 1.82) is 0 Å². The number of aliphatic hydroxyl groups is 1. The molecule has 1 N–H and O–H groups in total. The molecule has 3 nitrogen and oxygen atoms in total. The molecule has 0 aromatic heterocycles. The topological polar surface area (TPSA) is 38.7 Å². The molecule has 0 bridgehead atoms. The van der Waals surface area contributed by atoms with Crippen LogP contribution in [0.3, 0.4) is 0 Å². The fourth-order valence-corrected chi connectivity index (χ4v) is 0.615. The van der Waals surface area contributed by atoms with E-state index in [0.717, 1.165) is 0 Å². The average Bonchev–Trinajstić information content (AvgIpc) is 2.04. The van der Waals surface area contributed by atoms with E-state index >= 15 is 0 Å². The lowest BCUT2D eigenvalue weighted by molar-refractivity contribution is 0.0130. The Morgan fingerprint density at radius 2 is 2.00 bits per heavy atom. The molecule has 0 aliphatic rings. The van der Waals surface area contributed by atoms with Crippen LogP contribution in [0.1, 0.15) is 6.92 Å². The van der Waals surface area contributed by atoms with Gasteiger partial charge in [0.2, 0.25) is 0 Å². The lowest BCUT2D eigenvalue weighted by Crippen LogP contribution is -2.18. The summed E-state index contributed by atoms with van der Waals surface area (Å²) < 4.78 is 10.0. The summed E-state index contributed by atoms with van der Waals surface area (Å²) in [4.78, 5) is 0. The third-order valence-electron chi connectivity index (χ3n) is 1.06. The highest BCUT2D eigenvalue weighted by Gasteiger charge is 2.00. The van der Waals surface area contributed by atoms with E-state index in [1.165, 1.54) is 0 Å². The maximum Gasteiger partial charge on any atom is 0.0908 e. The lowest BCUT2D eigenvalue weighted by Gasteiger charge is -2.07. The summed E-state index contributed by atoms with van der Waals surface area (Å²) in [6.07, 6.45) is -0.557. The van der Waals surface area contributed by atoms with Crippen LogP contribution < -0.4 is 0 Å². The van der Waals surface area contributed by atoms with Gasteiger partial charge in [-0.05, 0) is 6.92 Å². The zero-order chi connectivity index (χ0) is 8.53. The van der Waals surface area contributed by atoms with Gasteiger partial charge in [-0.3, -0.25) is 0 Å². The second kappa shape index (κ2) is 8.27. The molecule has 0 saturated carbocycles. The monoisotopic (exact) mass is 182 g/mol. The minimum atomic E-state index is -0.557. The van der Waals surface area contributed by atoms with Crippen LogP contribution in [0.15, 0.2) is 0 Å². The second-order valence-electron chi connectivity index (χ2n) is 2.08. The minimum Gasteiger partial charge on any atom is -0.389 e. The van der Waals surface area contributed by atoms with Gasteiger partial charge in [0, 0.05) is 6.61 Å². The van der Waals surface area contributed by atoms with Gasteiger partial charge < -0.3 is 14.6 Å². The van der Waals surface area contributed by atoms with Gasteiger partial charge >= 0.3 is 0 Å². The van der Waals surface area contributed by atoms with Crippen molar-refractivity contribution in [1.82, 2.24) is 0 Å². The van der Waals surface area contributed by atoms with Crippen molar-refractivity contribution < 1.29 is 14.6 Å². The molecule has 4 heteroatoms. The highest BCUT2D eigenvalue weighted by molar-refractivity contribution is 6.18. The van der Waals surface area contributed by atoms with E-state index in [9.17, 15) is 0 Å². The Labute approximate surface area is 72.3 Å². The van der Waals surface area contributed by atoms with Crippen molar-refractivity contribution in [2.24, 2.45) is 0 Å². The molecular weight excluding hydrogens is 168 g/mol. The van der Waals surface area contributed by atoms with E-state index in [4.69, 9.17) is 26.2 Å². The van der Waals surface area contributed by atoms with Crippen molar-refractivity contribution in [3.63, 3.8) is 0 Å². The van der Waals surface area contributed by atoms with E-state index in [1.54, 1.807) is 0 Å². The molecule has 0 aliphatic carbocycles. The first kappa shape index (κ1) is 11.2. The minimum absolute atomic E-state index is 0.217. The number of rotatable bonds is 7. The summed E-state index contributed by atoms with van der Waals surface area (Å²) >= 11 is 5.33. The van der Waals surface area contributed by atoms with Crippen LogP contribution in [-0.4, -0.2) is 43.5 Å². The van der Waals surface area contributed by atoms with Crippen LogP contribution in [0.5, 0.6) is 0 Å². The SMILES string of the molecule is CCOCCOCC(O)CCl. The summed E-state index contributed by atoms with van der Waals surface area (Å²) in [6.45, 7) is 4.00. The molecule has 0 aromatic rings. The highest BCUT2D eigenvalue weighted by atomic mass is 35.5. The molecule has 0 rings (SSSR count). The van der Waals surface area contributed by atoms with Gasteiger partial charge in [0.25, 0.3) is 0 Å². The van der Waals surface area contributed by atoms with Crippen molar-refractivity contribution in [3.05, 3.63) is 0 Å². The molecule has 1 atom stereocenters. The van der Waals surface area contributed by atoms with Gasteiger partial charge in [0.15, 0.2) is 0 Å². The van der Waals surface area contributed by atoms with Gasteiger partial charge in [-0.25, -0.2) is 0 Å². The van der Waals surface area contributed by atoms with Crippen LogP contribution in [-0.2, 0) is 9.47 Å². The molecule has 1 unspecified atom stereocenters. The first-order valence-electron chi connectivity index (χ1n) is 3.70. The second-order valence-corrected chi connectivity index (χ2v) is 2.39. The van der Waals surface area contributed by atoms with Gasteiger partial charge in [0.1, 0.15) is 0 Å². The zero-order valence-corrected chi connectivity index (χ0v) is 7.51. The molecule has 0 aromatic carbocycles. The third kappa shape index (κ3) is 8.07. The van der Waals surface area contributed by atoms with E-state index < -0.39 is 6.10 Å². The van der Waals surface area contributed by atoms with Gasteiger partial charge in [-0.2, -0.15) is 0 Å². The smallest absolute Gasteiger partial charge is 0.0908 e. The van der Waals surface area contributed by atoms with E-state index in [2.05, 4.69) is 0 Å². The largest absolute Gasteiger partial charge is 0.389 e. The Kier molecular flexibility index (Phi) is 8.40. The standard InChI is InChI=1S/C7H15ClO3/c1-2-10-3-4-11-6-7(9)5-8/h7,9H,2-6H2,1H3. The van der Waals surface area contributed by atoms with Gasteiger partial charge in [0.05, 0.1) is 31.8 Å². The number of aliphatic hydroxyl groups excluding tert-OH is 1. The number of hydrogen-bond donors (Lipinski definition) is 1. The van der Waals surface area contributed by atoms with Gasteiger partial charge in [-0.15, -0.1) is 11.6 Å². The van der Waals surface area contributed by atoms with Crippen molar-refractivity contribution >= 4 is 11.6 Å². The Hall–Kier alpha value is 0.170. The van der Waals surface area contributed by atoms with E-state index in [-0.39, 0.29) is 12.5 Å². The molecule has 0 heterocycles. The molecule has 0 amide bonds. The Morgan fingerprint density at radius 3 is 2.55 bits per heavy atom. The maximum atomic E-state index is 8.92. The summed E-state index contributed by atoms with van der Waals surface area (Å²) in [6, 6.07) is 0. The van der Waals surface area contributed by atoms with E-state index in [0.29, 0.717) is 19.8 Å². The predicted octanol–water partition coefficient (Wildman–Crippen LogP) is 0.639.